The summed E-state index contributed by atoms with van der Waals surface area (Å²) in [4.78, 5) is 36.2. The van der Waals surface area contributed by atoms with Crippen molar-refractivity contribution < 1.29 is 43.9 Å². The lowest BCUT2D eigenvalue weighted by atomic mass is 9.39. The van der Waals surface area contributed by atoms with Gasteiger partial charge >= 0.3 is 17.9 Å². The summed E-state index contributed by atoms with van der Waals surface area (Å²) >= 11 is 0. The third kappa shape index (κ3) is 3.12. The minimum atomic E-state index is -2.04. The molecule has 0 radical (unpaired) electrons. The van der Waals surface area contributed by atoms with E-state index in [0.29, 0.717) is 12.8 Å². The molecule has 1 aliphatic heterocycles. The first-order chi connectivity index (χ1) is 15.0. The Hall–Kier alpha value is -1.97. The molecule has 9 nitrogen and oxygen atoms in total. The summed E-state index contributed by atoms with van der Waals surface area (Å²) < 4.78 is 16.6. The van der Waals surface area contributed by atoms with Gasteiger partial charge in [-0.2, -0.15) is 0 Å². The molecule has 0 bridgehead atoms. The van der Waals surface area contributed by atoms with Crippen molar-refractivity contribution in [1.82, 2.24) is 0 Å². The van der Waals surface area contributed by atoms with Crippen molar-refractivity contribution in [2.45, 2.75) is 96.4 Å². The number of carbonyl (C=O) groups is 3. The highest BCUT2D eigenvalue weighted by molar-refractivity contribution is 5.87. The van der Waals surface area contributed by atoms with Crippen LogP contribution in [0.25, 0.3) is 0 Å². The minimum absolute atomic E-state index is 0.0924. The van der Waals surface area contributed by atoms with E-state index in [2.05, 4.69) is 0 Å². The molecular formula is C24H34O9. The second-order valence-electron chi connectivity index (χ2n) is 11.3. The molecule has 4 rings (SSSR count). The molecule has 9 heteroatoms. The summed E-state index contributed by atoms with van der Waals surface area (Å²) in [5.41, 5.74) is -4.91. The Labute approximate surface area is 193 Å². The fourth-order valence-electron chi connectivity index (χ4n) is 7.63. The number of rotatable bonds is 2. The maximum Gasteiger partial charge on any atom is 0.333 e. The van der Waals surface area contributed by atoms with Gasteiger partial charge in [-0.05, 0) is 43.4 Å². The largest absolute Gasteiger partial charge is 0.459 e. The zero-order valence-electron chi connectivity index (χ0n) is 20.0. The maximum absolute atomic E-state index is 12.3. The van der Waals surface area contributed by atoms with Gasteiger partial charge in [0.2, 0.25) is 5.79 Å². The fraction of sp³-hybridized carbons (Fsp3) is 0.792. The first-order valence-electron chi connectivity index (χ1n) is 11.5. The van der Waals surface area contributed by atoms with Crippen molar-refractivity contribution in [2.75, 3.05) is 0 Å². The van der Waals surface area contributed by atoms with Crippen LogP contribution in [0.2, 0.25) is 0 Å². The summed E-state index contributed by atoms with van der Waals surface area (Å²) in [6, 6.07) is 0. The molecule has 0 aromatic carbocycles. The third-order valence-corrected chi connectivity index (χ3v) is 9.05. The average Bonchev–Trinajstić information content (AvgIpc) is 2.96. The Kier molecular flexibility index (Phi) is 5.14. The van der Waals surface area contributed by atoms with E-state index in [1.165, 1.54) is 20.8 Å². The van der Waals surface area contributed by atoms with Crippen LogP contribution in [0.15, 0.2) is 11.6 Å². The van der Waals surface area contributed by atoms with E-state index < -0.39 is 69.8 Å². The standard InChI is InChI=1S/C24H34O9/c1-12(25)31-16-11-20(3,4)24(30)8-7-14-15(21(24,5)19(16)32-13(2)26)10-23(29)17(22(14,6)28)9-18(27)33-23/h9,14-16,19,28-30H,7-8,10-11H2,1-6H3/t14-,15+,16+,19+,21+,22+,23-,24-/m1/s1. The maximum atomic E-state index is 12.3. The van der Waals surface area contributed by atoms with Crippen molar-refractivity contribution >= 4 is 17.9 Å². The highest BCUT2D eigenvalue weighted by Gasteiger charge is 2.76. The predicted molar refractivity (Wildman–Crippen MR) is 113 cm³/mol. The lowest BCUT2D eigenvalue weighted by molar-refractivity contribution is -0.327. The van der Waals surface area contributed by atoms with Crippen LogP contribution >= 0.6 is 0 Å². The van der Waals surface area contributed by atoms with Crippen LogP contribution in [0.1, 0.15) is 67.2 Å². The zero-order valence-corrected chi connectivity index (χ0v) is 20.0. The van der Waals surface area contributed by atoms with Gasteiger partial charge in [0.15, 0.2) is 0 Å². The lowest BCUT2D eigenvalue weighted by Crippen LogP contribution is -2.76. The van der Waals surface area contributed by atoms with Crippen molar-refractivity contribution in [2.24, 2.45) is 22.7 Å². The van der Waals surface area contributed by atoms with Crippen LogP contribution in [-0.4, -0.2) is 62.4 Å². The molecule has 0 amide bonds. The van der Waals surface area contributed by atoms with Crippen molar-refractivity contribution in [3.8, 4) is 0 Å². The van der Waals surface area contributed by atoms with E-state index in [1.807, 2.05) is 13.8 Å². The highest BCUT2D eigenvalue weighted by Crippen LogP contribution is 2.69. The number of hydrogen-bond acceptors (Lipinski definition) is 9. The quantitative estimate of drug-likeness (QED) is 0.407. The molecule has 3 N–H and O–H groups in total. The Morgan fingerprint density at radius 2 is 1.61 bits per heavy atom. The predicted octanol–water partition coefficient (Wildman–Crippen LogP) is 1.37. The van der Waals surface area contributed by atoms with E-state index in [0.717, 1.165) is 6.08 Å². The van der Waals surface area contributed by atoms with E-state index in [1.54, 1.807) is 6.92 Å². The SMILES string of the molecule is CC(=O)O[C@H]1CC(C)(C)[C@]2(O)CC[C@@H]3[C@H](C[C@@]4(O)OC(=O)C=C4[C@@]3(C)O)[C@@]2(C)[C@H]1OC(C)=O. The number of esters is 3. The molecule has 3 fully saturated rings. The second-order valence-corrected chi connectivity index (χ2v) is 11.3. The number of carbonyl (C=O) groups excluding carboxylic acids is 3. The molecule has 0 saturated heterocycles. The first-order valence-corrected chi connectivity index (χ1v) is 11.5. The summed E-state index contributed by atoms with van der Waals surface area (Å²) in [6.07, 6.45) is 0.133. The summed E-state index contributed by atoms with van der Waals surface area (Å²) in [6.45, 7) is 9.57. The number of ether oxygens (including phenoxy) is 3. The van der Waals surface area contributed by atoms with E-state index in [-0.39, 0.29) is 18.4 Å². The van der Waals surface area contributed by atoms with Gasteiger partial charge in [0.1, 0.15) is 12.2 Å². The Balaban J connectivity index is 1.91. The molecule has 3 aliphatic carbocycles. The third-order valence-electron chi connectivity index (χ3n) is 9.05. The molecule has 33 heavy (non-hydrogen) atoms. The van der Waals surface area contributed by atoms with Crippen LogP contribution in [0.4, 0.5) is 0 Å². The number of aliphatic hydroxyl groups is 3. The fourth-order valence-corrected chi connectivity index (χ4v) is 7.63. The average molecular weight is 467 g/mol. The van der Waals surface area contributed by atoms with Crippen LogP contribution in [0.5, 0.6) is 0 Å². The Morgan fingerprint density at radius 3 is 2.18 bits per heavy atom. The zero-order chi connectivity index (χ0) is 24.8. The normalized spacial score (nSPS) is 47.9. The molecule has 184 valence electrons. The summed E-state index contributed by atoms with van der Waals surface area (Å²) in [5, 5.41) is 35.2. The topological polar surface area (TPSA) is 140 Å². The summed E-state index contributed by atoms with van der Waals surface area (Å²) in [7, 11) is 0. The Bertz CT molecular complexity index is 936. The molecular weight excluding hydrogens is 432 g/mol. The molecule has 0 spiro atoms. The van der Waals surface area contributed by atoms with E-state index >= 15 is 0 Å². The van der Waals surface area contributed by atoms with Gasteiger partial charge < -0.3 is 29.5 Å². The van der Waals surface area contributed by atoms with Gasteiger partial charge in [-0.1, -0.05) is 20.8 Å². The lowest BCUT2D eigenvalue weighted by Gasteiger charge is -2.69. The van der Waals surface area contributed by atoms with Gasteiger partial charge in [0.05, 0.1) is 11.2 Å². The van der Waals surface area contributed by atoms with Crippen LogP contribution in [0, 0.1) is 22.7 Å². The van der Waals surface area contributed by atoms with Gasteiger partial charge in [-0.3, -0.25) is 9.59 Å². The van der Waals surface area contributed by atoms with Gasteiger partial charge in [-0.25, -0.2) is 4.79 Å². The molecule has 1 heterocycles. The van der Waals surface area contributed by atoms with Crippen LogP contribution < -0.4 is 0 Å². The second kappa shape index (κ2) is 7.02. The number of fused-ring (bicyclic) bond motifs is 4. The smallest absolute Gasteiger partial charge is 0.333 e. The van der Waals surface area contributed by atoms with Crippen LogP contribution in [-0.2, 0) is 28.6 Å². The number of hydrogen-bond donors (Lipinski definition) is 3. The summed E-state index contributed by atoms with van der Waals surface area (Å²) in [5.74, 6) is -5.04. The minimum Gasteiger partial charge on any atom is -0.459 e. The van der Waals surface area contributed by atoms with Gasteiger partial charge in [0, 0.05) is 37.3 Å². The molecule has 3 saturated carbocycles. The van der Waals surface area contributed by atoms with Gasteiger partial charge in [0.25, 0.3) is 0 Å². The monoisotopic (exact) mass is 466 g/mol. The van der Waals surface area contributed by atoms with E-state index in [4.69, 9.17) is 14.2 Å². The molecule has 0 aromatic heterocycles. The molecule has 0 aromatic rings. The molecule has 8 atom stereocenters. The Morgan fingerprint density at radius 1 is 1.00 bits per heavy atom. The van der Waals surface area contributed by atoms with Crippen molar-refractivity contribution in [3.05, 3.63) is 11.6 Å². The van der Waals surface area contributed by atoms with Crippen molar-refractivity contribution in [3.63, 3.8) is 0 Å². The van der Waals surface area contributed by atoms with E-state index in [9.17, 15) is 29.7 Å². The molecule has 0 unspecified atom stereocenters. The first kappa shape index (κ1) is 24.2. The van der Waals surface area contributed by atoms with Crippen molar-refractivity contribution in [1.29, 1.82) is 0 Å². The molecule has 4 aliphatic rings. The van der Waals surface area contributed by atoms with Crippen LogP contribution in [0.3, 0.4) is 0 Å². The van der Waals surface area contributed by atoms with Gasteiger partial charge in [-0.15, -0.1) is 0 Å². The highest BCUT2D eigenvalue weighted by atomic mass is 16.7.